The maximum Gasteiger partial charge on any atom is 0.248 e. The fourth-order valence-electron chi connectivity index (χ4n) is 0.828. The summed E-state index contributed by atoms with van der Waals surface area (Å²) in [5.74, 6) is 0.0119. The predicted molar refractivity (Wildman–Crippen MR) is 52.9 cm³/mol. The highest BCUT2D eigenvalue weighted by Gasteiger charge is 2.04. The van der Waals surface area contributed by atoms with Crippen LogP contribution in [0.3, 0.4) is 0 Å². The number of nitrogens with one attached hydrogen (secondary N) is 1. The highest BCUT2D eigenvalue weighted by Crippen LogP contribution is 2.01. The van der Waals surface area contributed by atoms with Crippen LogP contribution in [0.2, 0.25) is 0 Å². The molecule has 0 bridgehead atoms. The molecule has 3 heteroatoms. The van der Waals surface area contributed by atoms with E-state index in [1.807, 2.05) is 32.0 Å². The molecule has 0 atom stereocenters. The van der Waals surface area contributed by atoms with Crippen LogP contribution in [-0.2, 0) is 4.79 Å². The molecular weight excluding hydrogens is 152 g/mol. The monoisotopic (exact) mass is 172 g/mol. The van der Waals surface area contributed by atoms with Gasteiger partial charge in [-0.1, -0.05) is 6.92 Å². The Morgan fingerprint density at radius 3 is 2.50 bits per heavy atom. The Morgan fingerprint density at radius 2 is 2.17 bits per heavy atom. The van der Waals surface area contributed by atoms with E-state index in [0.717, 1.165) is 18.5 Å². The van der Waals surface area contributed by atoms with Crippen molar-refractivity contribution in [2.75, 3.05) is 20.6 Å². The molecule has 0 saturated heterocycles. The van der Waals surface area contributed by atoms with E-state index in [4.69, 9.17) is 0 Å². The van der Waals surface area contributed by atoms with E-state index in [0.29, 0.717) is 0 Å². The number of hydrogen-bond donors (Lipinski definition) is 1. The Labute approximate surface area is 75.9 Å². The molecule has 0 spiro atoms. The van der Waals surface area contributed by atoms with Crippen LogP contribution in [0.1, 0.15) is 21.7 Å². The normalized spacial score (nSPS) is 11.2. The summed E-state index contributed by atoms with van der Waals surface area (Å²) < 4.78 is 0. The predicted octanol–water partition coefficient (Wildman–Crippen LogP) is 1.22. The van der Waals surface area contributed by atoms with Gasteiger partial charge in [0.2, 0.25) is 5.91 Å². The molecule has 12 heavy (non-hydrogen) atoms. The van der Waals surface area contributed by atoms with Crippen molar-refractivity contribution < 1.29 is 6.22 Å². The lowest BCUT2D eigenvalue weighted by molar-refractivity contribution is -0.117. The zero-order valence-corrected chi connectivity index (χ0v) is 8.35. The third-order valence-electron chi connectivity index (χ3n) is 1.77. The zero-order chi connectivity index (χ0) is 9.56. The van der Waals surface area contributed by atoms with Crippen LogP contribution in [-0.4, -0.2) is 31.4 Å². The van der Waals surface area contributed by atoms with Crippen molar-refractivity contribution in [2.45, 2.75) is 20.3 Å². The van der Waals surface area contributed by atoms with Crippen LogP contribution in [0, 0.1) is 0 Å². The summed E-state index contributed by atoms with van der Waals surface area (Å²) in [7, 11) is 3.61. The van der Waals surface area contributed by atoms with Gasteiger partial charge in [0.1, 0.15) is 0 Å². The average molecular weight is 172 g/mol. The molecule has 0 fully saturated rings. The van der Waals surface area contributed by atoms with Crippen LogP contribution >= 0.6 is 0 Å². The molecule has 3 nitrogen and oxygen atoms in total. The van der Waals surface area contributed by atoms with Crippen molar-refractivity contribution >= 4 is 5.91 Å². The largest absolute Gasteiger partial charge is 0.380 e. The lowest BCUT2D eigenvalue weighted by atomic mass is 10.2. The zero-order valence-electron chi connectivity index (χ0n) is 8.35. The van der Waals surface area contributed by atoms with Gasteiger partial charge in [0.15, 0.2) is 0 Å². The Morgan fingerprint density at radius 1 is 1.58 bits per heavy atom. The molecule has 1 amide bonds. The summed E-state index contributed by atoms with van der Waals surface area (Å²) >= 11 is 0. The van der Waals surface area contributed by atoms with Gasteiger partial charge in [0, 0.05) is 33.8 Å². The van der Waals surface area contributed by atoms with Gasteiger partial charge in [-0.2, -0.15) is 0 Å². The second-order valence-electron chi connectivity index (χ2n) is 2.66. The third-order valence-corrected chi connectivity index (χ3v) is 1.77. The summed E-state index contributed by atoms with van der Waals surface area (Å²) in [5, 5.41) is 2.61. The number of hydrogen-bond acceptors (Lipinski definition) is 2. The minimum atomic E-state index is 0. The van der Waals surface area contributed by atoms with Crippen LogP contribution < -0.4 is 5.32 Å². The summed E-state index contributed by atoms with van der Waals surface area (Å²) in [6, 6.07) is 0. The second-order valence-corrected chi connectivity index (χ2v) is 2.66. The highest BCUT2D eigenvalue weighted by molar-refractivity contribution is 5.92. The van der Waals surface area contributed by atoms with E-state index >= 15 is 0 Å². The lowest BCUT2D eigenvalue weighted by Gasteiger charge is -2.12. The van der Waals surface area contributed by atoms with Crippen molar-refractivity contribution in [3.8, 4) is 0 Å². The fraction of sp³-hybridized carbons (Fsp3) is 0.667. The van der Waals surface area contributed by atoms with E-state index in [9.17, 15) is 4.79 Å². The number of carbonyl (C=O) groups excluding carboxylic acids is 1. The molecule has 0 aliphatic rings. The van der Waals surface area contributed by atoms with Crippen molar-refractivity contribution in [2.24, 2.45) is 0 Å². The molecule has 0 aromatic carbocycles. The van der Waals surface area contributed by atoms with Crippen molar-refractivity contribution in [3.63, 3.8) is 0 Å². The molecule has 0 aliphatic heterocycles. The summed E-state index contributed by atoms with van der Waals surface area (Å²) in [6.07, 6.45) is 2.66. The van der Waals surface area contributed by atoms with Gasteiger partial charge in [-0.15, -0.1) is 0 Å². The van der Waals surface area contributed by atoms with Crippen LogP contribution in [0.5, 0.6) is 0 Å². The van der Waals surface area contributed by atoms with Gasteiger partial charge in [0.05, 0.1) is 0 Å². The molecule has 72 valence electrons. The first-order chi connectivity index (χ1) is 5.65. The fourth-order valence-corrected chi connectivity index (χ4v) is 0.828. The first-order valence-corrected chi connectivity index (χ1v) is 4.28. The quantitative estimate of drug-likeness (QED) is 0.647. The first kappa shape index (κ1) is 11.0. The van der Waals surface area contributed by atoms with E-state index in [1.165, 1.54) is 0 Å². The summed E-state index contributed by atoms with van der Waals surface area (Å²) in [6.45, 7) is 4.94. The molecule has 0 radical (unpaired) electrons. The van der Waals surface area contributed by atoms with E-state index in [-0.39, 0.29) is 7.33 Å². The molecule has 0 aliphatic carbocycles. The molecule has 0 unspecified atom stereocenters. The standard InChI is InChI=1S/C9H18N2O.H2/c1-5-8(9(12)10-3)7-11(4)6-2;/h7H,5-6H2,1-4H3,(H,10,12);1H/b8-7+;. The maximum atomic E-state index is 11.2. The molecule has 0 heterocycles. The number of carbonyl (C=O) groups is 1. The Balaban J connectivity index is 0. The number of amides is 1. The first-order valence-electron chi connectivity index (χ1n) is 4.28. The topological polar surface area (TPSA) is 32.3 Å². The van der Waals surface area contributed by atoms with E-state index < -0.39 is 0 Å². The minimum Gasteiger partial charge on any atom is -0.380 e. The molecular formula is C9H20N2O. The number of rotatable bonds is 4. The van der Waals surface area contributed by atoms with Gasteiger partial charge >= 0.3 is 0 Å². The molecule has 1 N–H and O–H groups in total. The molecule has 0 rings (SSSR count). The SMILES string of the molecule is CC/C(=C\N(C)CC)C(=O)NC.[HH]. The summed E-state index contributed by atoms with van der Waals surface area (Å²) in [4.78, 5) is 13.2. The molecule has 0 aromatic heterocycles. The van der Waals surface area contributed by atoms with Crippen LogP contribution in [0.25, 0.3) is 0 Å². The van der Waals surface area contributed by atoms with Gasteiger partial charge in [-0.25, -0.2) is 0 Å². The molecule has 0 aromatic rings. The van der Waals surface area contributed by atoms with Crippen LogP contribution in [0.15, 0.2) is 11.8 Å². The van der Waals surface area contributed by atoms with Crippen LogP contribution in [0.4, 0.5) is 0 Å². The van der Waals surface area contributed by atoms with Gasteiger partial charge in [-0.05, 0) is 13.3 Å². The van der Waals surface area contributed by atoms with E-state index in [2.05, 4.69) is 5.32 Å². The minimum absolute atomic E-state index is 0. The second kappa shape index (κ2) is 5.63. The smallest absolute Gasteiger partial charge is 0.248 e. The Kier molecular flexibility index (Phi) is 5.17. The van der Waals surface area contributed by atoms with E-state index in [1.54, 1.807) is 7.05 Å². The summed E-state index contributed by atoms with van der Waals surface area (Å²) in [5.41, 5.74) is 0.821. The Bertz CT molecular complexity index is 180. The van der Waals surface area contributed by atoms with Gasteiger partial charge in [0.25, 0.3) is 0 Å². The average Bonchev–Trinajstić information content (AvgIpc) is 2.12. The lowest BCUT2D eigenvalue weighted by Crippen LogP contribution is -2.22. The number of likely N-dealkylation sites (N-methyl/N-ethyl adjacent to an activating group) is 1. The van der Waals surface area contributed by atoms with Gasteiger partial charge < -0.3 is 10.2 Å². The third kappa shape index (κ3) is 3.42. The van der Waals surface area contributed by atoms with Gasteiger partial charge in [-0.3, -0.25) is 4.79 Å². The number of nitrogens with zero attached hydrogens (tertiary/aromatic N) is 1. The van der Waals surface area contributed by atoms with Crippen molar-refractivity contribution in [1.82, 2.24) is 10.2 Å². The van der Waals surface area contributed by atoms with Crippen molar-refractivity contribution in [1.29, 1.82) is 0 Å². The maximum absolute atomic E-state index is 11.2. The highest BCUT2D eigenvalue weighted by atomic mass is 16.1. The molecule has 0 saturated carbocycles. The van der Waals surface area contributed by atoms with Crippen molar-refractivity contribution in [3.05, 3.63) is 11.8 Å². The Hall–Kier alpha value is -0.990.